The van der Waals surface area contributed by atoms with Gasteiger partial charge in [0.2, 0.25) is 0 Å². The maximum absolute atomic E-state index is 2.25. The van der Waals surface area contributed by atoms with Gasteiger partial charge in [0.05, 0.1) is 0 Å². The van der Waals surface area contributed by atoms with Gasteiger partial charge in [0, 0.05) is 39.6 Å². The van der Waals surface area contributed by atoms with Crippen LogP contribution in [0.1, 0.15) is 29.2 Å². The van der Waals surface area contributed by atoms with E-state index in [0.717, 1.165) is 0 Å². The summed E-state index contributed by atoms with van der Waals surface area (Å²) in [5, 5.41) is 0. The number of hydrogen-bond donors (Lipinski definition) is 0. The van der Waals surface area contributed by atoms with E-state index < -0.39 is 0 Å². The lowest BCUT2D eigenvalue weighted by molar-refractivity contribution is 1.12. The van der Waals surface area contributed by atoms with Crippen LogP contribution < -0.4 is 9.80 Å². The third kappa shape index (κ3) is 4.33. The molecule has 0 aromatic heterocycles. The van der Waals surface area contributed by atoms with Crippen LogP contribution in [0.5, 0.6) is 0 Å². The van der Waals surface area contributed by atoms with Crippen molar-refractivity contribution in [3.8, 4) is 0 Å². The van der Waals surface area contributed by atoms with Gasteiger partial charge < -0.3 is 9.80 Å². The minimum Gasteiger partial charge on any atom is -0.378 e. The number of nitrogens with zero attached hydrogens (tertiary/aromatic N) is 2. The summed E-state index contributed by atoms with van der Waals surface area (Å²) in [7, 11) is 8.31. The first-order valence-electron chi connectivity index (χ1n) is 8.74. The van der Waals surface area contributed by atoms with E-state index in [1.54, 1.807) is 0 Å². The van der Waals surface area contributed by atoms with Gasteiger partial charge in [-0.1, -0.05) is 30.4 Å². The normalized spacial score (nSPS) is 10.8. The molecule has 2 aromatic carbocycles. The van der Waals surface area contributed by atoms with Gasteiger partial charge in [-0.05, 0) is 72.9 Å². The van der Waals surface area contributed by atoms with E-state index in [0.29, 0.717) is 0 Å². The molecule has 0 fully saturated rings. The number of anilines is 2. The van der Waals surface area contributed by atoms with Crippen LogP contribution in [0.3, 0.4) is 0 Å². The fraction of sp³-hybridized carbons (Fsp3) is 0.304. The molecule has 0 aliphatic heterocycles. The summed E-state index contributed by atoms with van der Waals surface area (Å²) in [6.45, 7) is 6.43. The maximum atomic E-state index is 2.25. The Morgan fingerprint density at radius 3 is 1.52 bits per heavy atom. The highest BCUT2D eigenvalue weighted by molar-refractivity contribution is 5.85. The molecule has 0 saturated carbocycles. The van der Waals surface area contributed by atoms with Crippen molar-refractivity contribution in [3.05, 3.63) is 76.9 Å². The topological polar surface area (TPSA) is 6.48 Å². The molecule has 0 spiro atoms. The van der Waals surface area contributed by atoms with E-state index in [1.807, 2.05) is 0 Å². The minimum absolute atomic E-state index is 1.23. The minimum atomic E-state index is 1.23. The lowest BCUT2D eigenvalue weighted by atomic mass is 9.90. The Labute approximate surface area is 153 Å². The van der Waals surface area contributed by atoms with E-state index in [-0.39, 0.29) is 0 Å². The van der Waals surface area contributed by atoms with Crippen LogP contribution in [-0.2, 0) is 0 Å². The number of allylic oxidation sites excluding steroid dienone is 3. The average Bonchev–Trinajstić information content (AvgIpc) is 2.56. The lowest BCUT2D eigenvalue weighted by Crippen LogP contribution is -2.09. The Balaban J connectivity index is 2.59. The molecule has 132 valence electrons. The van der Waals surface area contributed by atoms with Crippen molar-refractivity contribution in [3.63, 3.8) is 0 Å². The molecular formula is C23H30N2. The van der Waals surface area contributed by atoms with Crippen LogP contribution >= 0.6 is 0 Å². The summed E-state index contributed by atoms with van der Waals surface area (Å²) in [4.78, 5) is 4.28. The fourth-order valence-electron chi connectivity index (χ4n) is 2.97. The molecule has 0 atom stereocenters. The van der Waals surface area contributed by atoms with Crippen molar-refractivity contribution in [2.24, 2.45) is 0 Å². The quantitative estimate of drug-likeness (QED) is 0.671. The van der Waals surface area contributed by atoms with Gasteiger partial charge in [-0.3, -0.25) is 0 Å². The van der Waals surface area contributed by atoms with Crippen LogP contribution in [0, 0.1) is 13.8 Å². The smallest absolute Gasteiger partial charge is 0.0364 e. The summed E-state index contributed by atoms with van der Waals surface area (Å²) in [5.74, 6) is 0. The second kappa shape index (κ2) is 8.06. The molecule has 2 rings (SSSR count). The molecule has 0 aliphatic rings. The highest BCUT2D eigenvalue weighted by Crippen LogP contribution is 2.32. The van der Waals surface area contributed by atoms with Gasteiger partial charge in [-0.15, -0.1) is 0 Å². The molecule has 0 heterocycles. The van der Waals surface area contributed by atoms with Gasteiger partial charge in [0.25, 0.3) is 0 Å². The summed E-state index contributed by atoms with van der Waals surface area (Å²) < 4.78 is 0. The Morgan fingerprint density at radius 1 is 0.760 bits per heavy atom. The molecule has 0 radical (unpaired) electrons. The number of benzene rings is 2. The zero-order valence-electron chi connectivity index (χ0n) is 16.6. The standard InChI is InChI=1S/C23H30N2/c1-8-9-10-23(21-13-11-19(24(4)5)15-17(21)2)22-14-12-20(25(6)7)16-18(22)3/h8-16H,1-7H3. The Morgan fingerprint density at radius 2 is 1.20 bits per heavy atom. The molecule has 0 amide bonds. The Hall–Kier alpha value is -2.48. The highest BCUT2D eigenvalue weighted by atomic mass is 15.1. The number of rotatable bonds is 5. The lowest BCUT2D eigenvalue weighted by Gasteiger charge is -2.19. The molecule has 2 heteroatoms. The predicted octanol–water partition coefficient (Wildman–Crippen LogP) is 5.44. The van der Waals surface area contributed by atoms with Crippen molar-refractivity contribution in [1.29, 1.82) is 0 Å². The van der Waals surface area contributed by atoms with Crippen molar-refractivity contribution in [2.75, 3.05) is 38.0 Å². The van der Waals surface area contributed by atoms with Gasteiger partial charge in [0.15, 0.2) is 0 Å². The molecule has 25 heavy (non-hydrogen) atoms. The Kier molecular flexibility index (Phi) is 6.08. The van der Waals surface area contributed by atoms with Crippen LogP contribution in [0.15, 0.2) is 54.6 Å². The Bertz CT molecular complexity index is 736. The van der Waals surface area contributed by atoms with Gasteiger partial charge >= 0.3 is 0 Å². The van der Waals surface area contributed by atoms with Crippen LogP contribution in [0.2, 0.25) is 0 Å². The third-order valence-electron chi connectivity index (χ3n) is 4.49. The predicted molar refractivity (Wildman–Crippen MR) is 113 cm³/mol. The fourth-order valence-corrected chi connectivity index (χ4v) is 2.97. The largest absolute Gasteiger partial charge is 0.378 e. The molecule has 0 unspecified atom stereocenters. The van der Waals surface area contributed by atoms with Crippen LogP contribution in [0.4, 0.5) is 11.4 Å². The second-order valence-corrected chi connectivity index (χ2v) is 6.89. The average molecular weight is 335 g/mol. The molecule has 0 bridgehead atoms. The molecule has 2 nitrogen and oxygen atoms in total. The van der Waals surface area contributed by atoms with Crippen molar-refractivity contribution in [2.45, 2.75) is 20.8 Å². The van der Waals surface area contributed by atoms with E-state index in [4.69, 9.17) is 0 Å². The summed E-state index contributed by atoms with van der Waals surface area (Å²) in [6, 6.07) is 13.4. The first-order chi connectivity index (χ1) is 11.8. The zero-order valence-corrected chi connectivity index (χ0v) is 16.6. The molecular weight excluding hydrogens is 304 g/mol. The number of hydrogen-bond acceptors (Lipinski definition) is 2. The molecule has 0 aliphatic carbocycles. The van der Waals surface area contributed by atoms with E-state index in [9.17, 15) is 0 Å². The van der Waals surface area contributed by atoms with Gasteiger partial charge in [-0.2, -0.15) is 0 Å². The molecule has 0 N–H and O–H groups in total. The van der Waals surface area contributed by atoms with E-state index in [2.05, 4.69) is 113 Å². The van der Waals surface area contributed by atoms with Gasteiger partial charge in [-0.25, -0.2) is 0 Å². The third-order valence-corrected chi connectivity index (χ3v) is 4.49. The summed E-state index contributed by atoms with van der Waals surface area (Å²) in [5.41, 5.74) is 8.87. The number of aryl methyl sites for hydroxylation is 2. The maximum Gasteiger partial charge on any atom is 0.0364 e. The summed E-state index contributed by atoms with van der Waals surface area (Å²) in [6.07, 6.45) is 6.41. The van der Waals surface area contributed by atoms with Crippen molar-refractivity contribution in [1.82, 2.24) is 0 Å². The van der Waals surface area contributed by atoms with E-state index >= 15 is 0 Å². The van der Waals surface area contributed by atoms with E-state index in [1.165, 1.54) is 39.2 Å². The monoisotopic (exact) mass is 334 g/mol. The second-order valence-electron chi connectivity index (χ2n) is 6.89. The first kappa shape index (κ1) is 18.9. The van der Waals surface area contributed by atoms with Crippen LogP contribution in [0.25, 0.3) is 5.57 Å². The summed E-state index contributed by atoms with van der Waals surface area (Å²) >= 11 is 0. The van der Waals surface area contributed by atoms with Crippen LogP contribution in [-0.4, -0.2) is 28.2 Å². The van der Waals surface area contributed by atoms with Crippen molar-refractivity contribution < 1.29 is 0 Å². The highest BCUT2D eigenvalue weighted by Gasteiger charge is 2.12. The first-order valence-corrected chi connectivity index (χ1v) is 8.74. The van der Waals surface area contributed by atoms with Gasteiger partial charge in [0.1, 0.15) is 0 Å². The van der Waals surface area contributed by atoms with Crippen molar-refractivity contribution >= 4 is 16.9 Å². The zero-order chi connectivity index (χ0) is 18.6. The SMILES string of the molecule is CC=CC=C(c1ccc(N(C)C)cc1C)c1ccc(N(C)C)cc1C. The molecule has 2 aromatic rings. The molecule has 0 saturated heterocycles.